The number of hydrogen-bond acceptors (Lipinski definition) is 4. The minimum atomic E-state index is -0.768. The Morgan fingerprint density at radius 1 is 1.27 bits per heavy atom. The molecule has 2 rings (SSSR count). The molecule has 2 aromatic rings. The van der Waals surface area contributed by atoms with Crippen LogP contribution in [0.2, 0.25) is 0 Å². The molecule has 4 N–H and O–H groups in total. The fourth-order valence-corrected chi connectivity index (χ4v) is 1.83. The standard InChI is InChI=1S/C16H17N3O3/c1-11(18-19-16(17)21)14-9-13(7-8-15(14)20)22-10-12-5-3-2-4-6-12/h2-9,20H,10H2,1H3,(H3,17,19,21)/b18-11+. The summed E-state index contributed by atoms with van der Waals surface area (Å²) < 4.78 is 5.69. The lowest BCUT2D eigenvalue weighted by Gasteiger charge is -2.10. The van der Waals surface area contributed by atoms with E-state index in [0.717, 1.165) is 5.56 Å². The number of primary amides is 1. The van der Waals surface area contributed by atoms with Crippen LogP contribution in [0.25, 0.3) is 0 Å². The van der Waals surface area contributed by atoms with Gasteiger partial charge in [-0.05, 0) is 30.7 Å². The third-order valence-electron chi connectivity index (χ3n) is 2.94. The summed E-state index contributed by atoms with van der Waals surface area (Å²) >= 11 is 0. The molecule has 0 fully saturated rings. The third kappa shape index (κ3) is 4.24. The number of nitrogens with zero attached hydrogens (tertiary/aromatic N) is 1. The van der Waals surface area contributed by atoms with Crippen LogP contribution in [0.3, 0.4) is 0 Å². The first-order chi connectivity index (χ1) is 10.6. The second-order valence-electron chi connectivity index (χ2n) is 4.63. The van der Waals surface area contributed by atoms with Gasteiger partial charge in [0, 0.05) is 5.56 Å². The number of benzene rings is 2. The van der Waals surface area contributed by atoms with E-state index in [1.165, 1.54) is 6.07 Å². The third-order valence-corrected chi connectivity index (χ3v) is 2.94. The highest BCUT2D eigenvalue weighted by Gasteiger charge is 2.08. The van der Waals surface area contributed by atoms with Crippen molar-refractivity contribution in [3.63, 3.8) is 0 Å². The summed E-state index contributed by atoms with van der Waals surface area (Å²) in [7, 11) is 0. The average molecular weight is 299 g/mol. The highest BCUT2D eigenvalue weighted by Crippen LogP contribution is 2.24. The number of ether oxygens (including phenoxy) is 1. The highest BCUT2D eigenvalue weighted by atomic mass is 16.5. The van der Waals surface area contributed by atoms with Crippen molar-refractivity contribution in [3.8, 4) is 11.5 Å². The van der Waals surface area contributed by atoms with Gasteiger partial charge in [-0.25, -0.2) is 10.2 Å². The molecule has 2 aromatic carbocycles. The van der Waals surface area contributed by atoms with Crippen LogP contribution >= 0.6 is 0 Å². The minimum absolute atomic E-state index is 0.0413. The van der Waals surface area contributed by atoms with E-state index in [4.69, 9.17) is 10.5 Å². The first-order valence-corrected chi connectivity index (χ1v) is 6.66. The molecule has 0 atom stereocenters. The Hall–Kier alpha value is -3.02. The van der Waals surface area contributed by atoms with Crippen LogP contribution in [0.5, 0.6) is 11.5 Å². The van der Waals surface area contributed by atoms with Crippen LogP contribution in [0.4, 0.5) is 4.79 Å². The number of urea groups is 1. The average Bonchev–Trinajstić information content (AvgIpc) is 2.52. The Morgan fingerprint density at radius 3 is 2.68 bits per heavy atom. The number of amides is 2. The van der Waals surface area contributed by atoms with Gasteiger partial charge in [0.1, 0.15) is 18.1 Å². The van der Waals surface area contributed by atoms with Gasteiger partial charge in [-0.3, -0.25) is 0 Å². The molecule has 0 aromatic heterocycles. The van der Waals surface area contributed by atoms with E-state index in [1.807, 2.05) is 30.3 Å². The summed E-state index contributed by atoms with van der Waals surface area (Å²) in [6, 6.07) is 13.8. The van der Waals surface area contributed by atoms with Crippen molar-refractivity contribution < 1.29 is 14.6 Å². The lowest BCUT2D eigenvalue weighted by atomic mass is 10.1. The Morgan fingerprint density at radius 2 is 2.00 bits per heavy atom. The Kier molecular flexibility index (Phi) is 4.98. The largest absolute Gasteiger partial charge is 0.507 e. The van der Waals surface area contributed by atoms with Crippen molar-refractivity contribution >= 4 is 11.7 Å². The SMILES string of the molecule is C/C(=N\NC(N)=O)c1cc(OCc2ccccc2)ccc1O. The van der Waals surface area contributed by atoms with Gasteiger partial charge < -0.3 is 15.6 Å². The summed E-state index contributed by atoms with van der Waals surface area (Å²) in [5, 5.41) is 13.7. The van der Waals surface area contributed by atoms with E-state index >= 15 is 0 Å². The molecule has 0 aliphatic carbocycles. The summed E-state index contributed by atoms with van der Waals surface area (Å²) in [6.07, 6.45) is 0. The maximum Gasteiger partial charge on any atom is 0.332 e. The van der Waals surface area contributed by atoms with Crippen molar-refractivity contribution in [1.29, 1.82) is 0 Å². The predicted octanol–water partition coefficient (Wildman–Crippen LogP) is 2.36. The van der Waals surface area contributed by atoms with Crippen molar-refractivity contribution in [2.45, 2.75) is 13.5 Å². The Labute approximate surface area is 128 Å². The first-order valence-electron chi connectivity index (χ1n) is 6.66. The molecule has 0 bridgehead atoms. The van der Waals surface area contributed by atoms with Gasteiger partial charge in [0.25, 0.3) is 0 Å². The number of nitrogens with one attached hydrogen (secondary N) is 1. The molecule has 0 aliphatic heterocycles. The van der Waals surface area contributed by atoms with Crippen LogP contribution < -0.4 is 15.9 Å². The monoisotopic (exact) mass is 299 g/mol. The van der Waals surface area contributed by atoms with E-state index in [0.29, 0.717) is 23.6 Å². The molecule has 6 nitrogen and oxygen atoms in total. The first kappa shape index (κ1) is 15.4. The van der Waals surface area contributed by atoms with Crippen molar-refractivity contribution in [1.82, 2.24) is 5.43 Å². The van der Waals surface area contributed by atoms with Crippen LogP contribution in [-0.2, 0) is 6.61 Å². The number of phenolic OH excluding ortho intramolecular Hbond substituents is 1. The lowest BCUT2D eigenvalue weighted by Crippen LogP contribution is -2.25. The summed E-state index contributed by atoms with van der Waals surface area (Å²) in [6.45, 7) is 2.06. The van der Waals surface area contributed by atoms with E-state index in [-0.39, 0.29) is 5.75 Å². The van der Waals surface area contributed by atoms with E-state index < -0.39 is 6.03 Å². The maximum absolute atomic E-state index is 10.7. The van der Waals surface area contributed by atoms with Crippen LogP contribution in [0, 0.1) is 0 Å². The molecule has 0 saturated heterocycles. The zero-order chi connectivity index (χ0) is 15.9. The molecular formula is C16H17N3O3. The molecule has 0 radical (unpaired) electrons. The van der Waals surface area contributed by atoms with Gasteiger partial charge in [0.05, 0.1) is 5.71 Å². The van der Waals surface area contributed by atoms with Gasteiger partial charge in [-0.15, -0.1) is 0 Å². The van der Waals surface area contributed by atoms with Crippen LogP contribution in [0.1, 0.15) is 18.1 Å². The van der Waals surface area contributed by atoms with E-state index in [9.17, 15) is 9.90 Å². The van der Waals surface area contributed by atoms with Gasteiger partial charge >= 0.3 is 6.03 Å². The minimum Gasteiger partial charge on any atom is -0.507 e. The number of aromatic hydroxyl groups is 1. The number of hydrazone groups is 1. The molecular weight excluding hydrogens is 282 g/mol. The number of carbonyl (C=O) groups excluding carboxylic acids is 1. The fourth-order valence-electron chi connectivity index (χ4n) is 1.83. The van der Waals surface area contributed by atoms with E-state index in [1.54, 1.807) is 19.1 Å². The number of hydrogen-bond donors (Lipinski definition) is 3. The van der Waals surface area contributed by atoms with Crippen molar-refractivity contribution in [2.24, 2.45) is 10.8 Å². The molecule has 6 heteroatoms. The highest BCUT2D eigenvalue weighted by molar-refractivity contribution is 6.01. The Balaban J connectivity index is 2.12. The topological polar surface area (TPSA) is 96.9 Å². The zero-order valence-electron chi connectivity index (χ0n) is 12.1. The van der Waals surface area contributed by atoms with Crippen molar-refractivity contribution in [3.05, 3.63) is 59.7 Å². The van der Waals surface area contributed by atoms with E-state index in [2.05, 4.69) is 10.5 Å². The van der Waals surface area contributed by atoms with Gasteiger partial charge in [0.2, 0.25) is 0 Å². The smallest absolute Gasteiger partial charge is 0.332 e. The van der Waals surface area contributed by atoms with Gasteiger partial charge in [-0.2, -0.15) is 5.10 Å². The van der Waals surface area contributed by atoms with Gasteiger partial charge in [-0.1, -0.05) is 30.3 Å². The lowest BCUT2D eigenvalue weighted by molar-refractivity contribution is 0.249. The van der Waals surface area contributed by atoms with Crippen LogP contribution in [-0.4, -0.2) is 16.8 Å². The number of carbonyl (C=O) groups is 1. The second kappa shape index (κ2) is 7.12. The van der Waals surface area contributed by atoms with Crippen LogP contribution in [0.15, 0.2) is 53.6 Å². The maximum atomic E-state index is 10.7. The summed E-state index contributed by atoms with van der Waals surface area (Å²) in [5.41, 5.74) is 8.99. The molecule has 22 heavy (non-hydrogen) atoms. The zero-order valence-corrected chi connectivity index (χ0v) is 12.1. The quantitative estimate of drug-likeness (QED) is 0.584. The Bertz CT molecular complexity index is 684. The number of rotatable bonds is 5. The molecule has 2 amide bonds. The normalized spacial score (nSPS) is 11.0. The summed E-state index contributed by atoms with van der Waals surface area (Å²) in [4.78, 5) is 10.7. The summed E-state index contributed by atoms with van der Waals surface area (Å²) in [5.74, 6) is 0.629. The molecule has 0 aliphatic rings. The number of phenols is 1. The molecule has 0 spiro atoms. The number of nitrogens with two attached hydrogens (primary N) is 1. The van der Waals surface area contributed by atoms with Gasteiger partial charge in [0.15, 0.2) is 0 Å². The molecule has 0 unspecified atom stereocenters. The molecule has 0 saturated carbocycles. The fraction of sp³-hybridized carbons (Fsp3) is 0.125. The molecule has 0 heterocycles. The second-order valence-corrected chi connectivity index (χ2v) is 4.63. The molecule has 114 valence electrons. The predicted molar refractivity (Wildman–Crippen MR) is 83.8 cm³/mol. The van der Waals surface area contributed by atoms with Crippen molar-refractivity contribution in [2.75, 3.05) is 0 Å².